The van der Waals surface area contributed by atoms with Crippen LogP contribution in [0.25, 0.3) is 0 Å². The zero-order valence-corrected chi connectivity index (χ0v) is 14.3. The van der Waals surface area contributed by atoms with E-state index in [9.17, 15) is 4.79 Å². The second-order valence-electron chi connectivity index (χ2n) is 7.39. The fraction of sp³-hybridized carbons (Fsp3) is 0.632. The minimum absolute atomic E-state index is 0.123. The number of carbonyl (C=O) groups is 1. The average molecular weight is 315 g/mol. The summed E-state index contributed by atoms with van der Waals surface area (Å²) in [5.41, 5.74) is 7.42. The Balaban J connectivity index is 1.62. The molecule has 2 aliphatic rings. The molecule has 1 aromatic rings. The number of hydrogen-bond donors (Lipinski definition) is 1. The fourth-order valence-corrected chi connectivity index (χ4v) is 3.47. The fourth-order valence-electron chi connectivity index (χ4n) is 3.47. The van der Waals surface area contributed by atoms with Crippen molar-refractivity contribution < 1.29 is 4.79 Å². The van der Waals surface area contributed by atoms with E-state index in [2.05, 4.69) is 35.2 Å². The topological polar surface area (TPSA) is 49.6 Å². The lowest BCUT2D eigenvalue weighted by molar-refractivity contribution is -0.132. The lowest BCUT2D eigenvalue weighted by Crippen LogP contribution is -2.47. The molecule has 1 saturated heterocycles. The summed E-state index contributed by atoms with van der Waals surface area (Å²) in [4.78, 5) is 17.1. The molecule has 126 valence electrons. The Morgan fingerprint density at radius 3 is 2.52 bits per heavy atom. The molecule has 1 aromatic carbocycles. The van der Waals surface area contributed by atoms with Crippen molar-refractivity contribution in [2.24, 2.45) is 11.7 Å². The molecule has 1 amide bonds. The van der Waals surface area contributed by atoms with Crippen LogP contribution >= 0.6 is 0 Å². The van der Waals surface area contributed by atoms with Crippen LogP contribution in [0.15, 0.2) is 30.3 Å². The second kappa shape index (κ2) is 7.02. The number of rotatable bonds is 6. The lowest BCUT2D eigenvalue weighted by Gasteiger charge is -2.30. The number of amides is 1. The molecular weight excluding hydrogens is 286 g/mol. The third kappa shape index (κ3) is 3.93. The maximum absolute atomic E-state index is 12.5. The summed E-state index contributed by atoms with van der Waals surface area (Å²) in [6.45, 7) is 6.71. The standard InChI is InChI=1S/C19H29N3O/c1-14(2)18(20)19(23)21-11-10-17(13-21)22(16-8-9-16)12-15-6-4-3-5-7-15/h3-7,14,16-18H,8-13,20H2,1-2H3/t17-,18-/m0/s1. The highest BCUT2D eigenvalue weighted by Gasteiger charge is 2.39. The van der Waals surface area contributed by atoms with Crippen molar-refractivity contribution in [1.29, 1.82) is 0 Å². The highest BCUT2D eigenvalue weighted by molar-refractivity contribution is 5.82. The SMILES string of the molecule is CC(C)[C@H](N)C(=O)N1CC[C@H](N(Cc2ccccc2)C2CC2)C1. The van der Waals surface area contributed by atoms with Crippen LogP contribution in [-0.4, -0.2) is 46.9 Å². The average Bonchev–Trinajstić information content (AvgIpc) is 3.28. The largest absolute Gasteiger partial charge is 0.340 e. The summed E-state index contributed by atoms with van der Waals surface area (Å²) in [6, 6.07) is 11.5. The Kier molecular flexibility index (Phi) is 5.02. The predicted octanol–water partition coefficient (Wildman–Crippen LogP) is 2.24. The van der Waals surface area contributed by atoms with E-state index in [1.54, 1.807) is 0 Å². The van der Waals surface area contributed by atoms with Gasteiger partial charge in [0.1, 0.15) is 0 Å². The number of nitrogens with two attached hydrogens (primary N) is 1. The number of likely N-dealkylation sites (tertiary alicyclic amines) is 1. The molecule has 2 N–H and O–H groups in total. The van der Waals surface area contributed by atoms with E-state index in [0.717, 1.165) is 26.1 Å². The van der Waals surface area contributed by atoms with E-state index in [1.807, 2.05) is 18.7 Å². The number of nitrogens with zero attached hydrogens (tertiary/aromatic N) is 2. The van der Waals surface area contributed by atoms with Crippen molar-refractivity contribution in [2.45, 2.75) is 57.8 Å². The van der Waals surface area contributed by atoms with Gasteiger partial charge in [-0.1, -0.05) is 44.2 Å². The summed E-state index contributed by atoms with van der Waals surface area (Å²) in [5, 5.41) is 0. The van der Waals surface area contributed by atoms with Gasteiger partial charge in [0.2, 0.25) is 5.91 Å². The molecule has 1 saturated carbocycles. The number of carbonyl (C=O) groups excluding carboxylic acids is 1. The second-order valence-corrected chi connectivity index (χ2v) is 7.39. The summed E-state index contributed by atoms with van der Waals surface area (Å²) >= 11 is 0. The summed E-state index contributed by atoms with van der Waals surface area (Å²) in [5.74, 6) is 0.323. The molecule has 0 aromatic heterocycles. The van der Waals surface area contributed by atoms with Gasteiger partial charge in [0.15, 0.2) is 0 Å². The zero-order valence-electron chi connectivity index (χ0n) is 14.3. The summed E-state index contributed by atoms with van der Waals surface area (Å²) in [7, 11) is 0. The number of benzene rings is 1. The smallest absolute Gasteiger partial charge is 0.239 e. The Morgan fingerprint density at radius 1 is 1.22 bits per heavy atom. The molecule has 1 heterocycles. The van der Waals surface area contributed by atoms with E-state index in [-0.39, 0.29) is 17.9 Å². The van der Waals surface area contributed by atoms with Crippen LogP contribution in [0.5, 0.6) is 0 Å². The van der Waals surface area contributed by atoms with Crippen LogP contribution in [0, 0.1) is 5.92 Å². The highest BCUT2D eigenvalue weighted by Crippen LogP contribution is 2.33. The van der Waals surface area contributed by atoms with Crippen LogP contribution in [0.1, 0.15) is 38.7 Å². The van der Waals surface area contributed by atoms with Gasteiger partial charge < -0.3 is 10.6 Å². The molecule has 0 bridgehead atoms. The van der Waals surface area contributed by atoms with Gasteiger partial charge in [-0.05, 0) is 30.7 Å². The molecule has 2 atom stereocenters. The molecule has 23 heavy (non-hydrogen) atoms. The van der Waals surface area contributed by atoms with Crippen LogP contribution < -0.4 is 5.73 Å². The molecule has 4 nitrogen and oxygen atoms in total. The molecule has 3 rings (SSSR count). The van der Waals surface area contributed by atoms with Gasteiger partial charge in [0.25, 0.3) is 0 Å². The maximum atomic E-state index is 12.5. The first-order chi connectivity index (χ1) is 11.1. The van der Waals surface area contributed by atoms with Crippen LogP contribution in [0.3, 0.4) is 0 Å². The first-order valence-electron chi connectivity index (χ1n) is 8.90. The minimum atomic E-state index is -0.364. The highest BCUT2D eigenvalue weighted by atomic mass is 16.2. The quantitative estimate of drug-likeness (QED) is 0.876. The van der Waals surface area contributed by atoms with Crippen molar-refractivity contribution in [3.05, 3.63) is 35.9 Å². The third-order valence-electron chi connectivity index (χ3n) is 5.17. The van der Waals surface area contributed by atoms with E-state index in [0.29, 0.717) is 12.1 Å². The maximum Gasteiger partial charge on any atom is 0.239 e. The lowest BCUT2D eigenvalue weighted by atomic mass is 10.0. The molecule has 4 heteroatoms. The first kappa shape index (κ1) is 16.5. The molecule has 0 radical (unpaired) electrons. The summed E-state index contributed by atoms with van der Waals surface area (Å²) < 4.78 is 0. The van der Waals surface area contributed by atoms with Crippen LogP contribution in [0.2, 0.25) is 0 Å². The third-order valence-corrected chi connectivity index (χ3v) is 5.17. The van der Waals surface area contributed by atoms with Crippen molar-refractivity contribution in [1.82, 2.24) is 9.80 Å². The molecule has 1 aliphatic carbocycles. The Morgan fingerprint density at radius 2 is 1.91 bits per heavy atom. The molecular formula is C19H29N3O. The van der Waals surface area contributed by atoms with Gasteiger partial charge in [0.05, 0.1) is 6.04 Å². The Hall–Kier alpha value is -1.39. The molecule has 2 fully saturated rings. The van der Waals surface area contributed by atoms with Gasteiger partial charge in [-0.3, -0.25) is 9.69 Å². The van der Waals surface area contributed by atoms with Gasteiger partial charge in [-0.15, -0.1) is 0 Å². The Labute approximate surface area is 139 Å². The normalized spacial score (nSPS) is 22.8. The van der Waals surface area contributed by atoms with Crippen molar-refractivity contribution >= 4 is 5.91 Å². The minimum Gasteiger partial charge on any atom is -0.340 e. The van der Waals surface area contributed by atoms with Crippen molar-refractivity contribution in [3.63, 3.8) is 0 Å². The predicted molar refractivity (Wildman–Crippen MR) is 92.8 cm³/mol. The first-order valence-corrected chi connectivity index (χ1v) is 8.90. The van der Waals surface area contributed by atoms with Gasteiger partial charge in [0, 0.05) is 31.7 Å². The molecule has 1 aliphatic heterocycles. The van der Waals surface area contributed by atoms with Crippen molar-refractivity contribution in [2.75, 3.05) is 13.1 Å². The van der Waals surface area contributed by atoms with Gasteiger partial charge in [-0.2, -0.15) is 0 Å². The van der Waals surface area contributed by atoms with Gasteiger partial charge >= 0.3 is 0 Å². The van der Waals surface area contributed by atoms with Crippen LogP contribution in [-0.2, 0) is 11.3 Å². The zero-order chi connectivity index (χ0) is 16.4. The van der Waals surface area contributed by atoms with Gasteiger partial charge in [-0.25, -0.2) is 0 Å². The van der Waals surface area contributed by atoms with E-state index < -0.39 is 0 Å². The van der Waals surface area contributed by atoms with E-state index >= 15 is 0 Å². The number of hydrogen-bond acceptors (Lipinski definition) is 3. The molecule has 0 unspecified atom stereocenters. The summed E-state index contributed by atoms with van der Waals surface area (Å²) in [6.07, 6.45) is 3.66. The Bertz CT molecular complexity index is 527. The molecule has 0 spiro atoms. The van der Waals surface area contributed by atoms with E-state index in [1.165, 1.54) is 18.4 Å². The van der Waals surface area contributed by atoms with Crippen molar-refractivity contribution in [3.8, 4) is 0 Å². The monoisotopic (exact) mass is 315 g/mol. The van der Waals surface area contributed by atoms with E-state index in [4.69, 9.17) is 5.73 Å². The van der Waals surface area contributed by atoms with Crippen LogP contribution in [0.4, 0.5) is 0 Å².